The van der Waals surface area contributed by atoms with Crippen LogP contribution in [0, 0.1) is 105 Å². The zero-order chi connectivity index (χ0) is 48.8. The van der Waals surface area contributed by atoms with E-state index in [9.17, 15) is 40.2 Å². The molecule has 66 heavy (non-hydrogen) atoms. The van der Waals surface area contributed by atoms with E-state index in [2.05, 4.69) is 55.4 Å². The van der Waals surface area contributed by atoms with Gasteiger partial charge in [0.25, 0.3) is 0 Å². The molecule has 0 spiro atoms. The Hall–Kier alpha value is -1.30. The third-order valence-electron chi connectivity index (χ3n) is 21.9. The summed E-state index contributed by atoms with van der Waals surface area (Å²) < 4.78 is 0. The number of aliphatic hydroxyl groups is 6. The van der Waals surface area contributed by atoms with E-state index < -0.39 is 18.0 Å². The summed E-state index contributed by atoms with van der Waals surface area (Å²) >= 11 is 0. The second kappa shape index (κ2) is 21.2. The number of fused-ring (bicyclic) bond motifs is 10. The zero-order valence-electron chi connectivity index (χ0n) is 43.1. The van der Waals surface area contributed by atoms with Crippen LogP contribution < -0.4 is 0 Å². The fourth-order valence-electron chi connectivity index (χ4n) is 18.2. The second-order valence-corrected chi connectivity index (χ2v) is 26.3. The van der Waals surface area contributed by atoms with Gasteiger partial charge in [0.2, 0.25) is 0 Å². The van der Waals surface area contributed by atoms with Crippen LogP contribution in [-0.2, 0) is 9.59 Å². The van der Waals surface area contributed by atoms with E-state index in [1.807, 2.05) is 13.8 Å². The minimum absolute atomic E-state index is 0.0449. The van der Waals surface area contributed by atoms with Gasteiger partial charge in [0.1, 0.15) is 0 Å². The van der Waals surface area contributed by atoms with Crippen LogP contribution in [0.5, 0.6) is 0 Å². The van der Waals surface area contributed by atoms with Crippen LogP contribution in [0.25, 0.3) is 0 Å². The SMILES string of the molecule is CC(C)CC(=O)O.CC(C)CCC[C@@H](C)[C@H]1CC[C@H]2[C@@H]3[C@H](O)C[C@@H]4C[C@H](O)CC[C@]4(C)[C@H]3C[C@H](O)[C@]12C.C[C@H](CCC(=O)O)[C@H]1CC[C@H]2[C@@H]3[C@H](O)C[C@@H]4C[C@H](O)CC[C@]4(C)[C@H]3C[C@H](O)[C@]12C. The minimum atomic E-state index is -0.748. The summed E-state index contributed by atoms with van der Waals surface area (Å²) in [6, 6.07) is 0. The first kappa shape index (κ1) is 54.0. The third-order valence-corrected chi connectivity index (χ3v) is 21.9. The number of hydrogen-bond donors (Lipinski definition) is 8. The molecular weight excluding hydrogens is 833 g/mol. The predicted octanol–water partition coefficient (Wildman–Crippen LogP) is 9.98. The third kappa shape index (κ3) is 10.4. The molecule has 0 unspecified atom stereocenters. The van der Waals surface area contributed by atoms with E-state index in [4.69, 9.17) is 10.2 Å². The lowest BCUT2D eigenvalue weighted by Gasteiger charge is -2.63. The standard InChI is InChI=1S/C27H48O3.C24H40O5.C5H10O2/c1-16(2)7-6-8-17(3)20-9-10-21-25-22(15-24(30)27(20,21)5)26(4)12-11-19(28)13-18(26)14-23(25)29;1-13(4-7-21(28)29)16-5-6-17-22-18(12-20(27)24(16,17)3)23(2)9-8-15(25)10-14(23)11-19(22)26;1-4(2)3-5(6)7/h16-25,28-30H,6-15H2,1-5H3;13-20,22,25-27H,4-12H2,1-3H3,(H,28,29);4H,3H2,1-2H3,(H,6,7)/t17-,18+,19-,20-,21+,22+,23-,24+,25+,26+,27-;13-,14+,15-,16-,17+,18+,19-,20+,22+,23+,24-;/m11./s1. The molecule has 8 aliphatic carbocycles. The fourth-order valence-corrected chi connectivity index (χ4v) is 18.2. The molecule has 0 aromatic rings. The van der Waals surface area contributed by atoms with Crippen molar-refractivity contribution >= 4 is 11.9 Å². The van der Waals surface area contributed by atoms with Crippen molar-refractivity contribution in [2.45, 2.75) is 234 Å². The summed E-state index contributed by atoms with van der Waals surface area (Å²) in [6.45, 7) is 22.3. The molecule has 0 bridgehead atoms. The molecule has 8 aliphatic rings. The van der Waals surface area contributed by atoms with Gasteiger partial charge >= 0.3 is 11.9 Å². The molecule has 8 saturated carbocycles. The Morgan fingerprint density at radius 1 is 0.500 bits per heavy atom. The highest BCUT2D eigenvalue weighted by atomic mass is 16.4. The lowest BCUT2D eigenvalue weighted by atomic mass is 9.43. The van der Waals surface area contributed by atoms with Gasteiger partial charge in [-0.25, -0.2) is 0 Å². The first-order valence-corrected chi connectivity index (χ1v) is 27.3. The van der Waals surface area contributed by atoms with Gasteiger partial charge in [-0.15, -0.1) is 0 Å². The molecule has 8 N–H and O–H groups in total. The molecule has 0 saturated heterocycles. The smallest absolute Gasteiger partial charge is 0.303 e. The Bertz CT molecular complexity index is 1620. The van der Waals surface area contributed by atoms with Gasteiger partial charge in [0.05, 0.1) is 36.6 Å². The molecule has 8 fully saturated rings. The monoisotopic (exact) mass is 931 g/mol. The Balaban J connectivity index is 0.000000191. The van der Waals surface area contributed by atoms with Gasteiger partial charge in [-0.2, -0.15) is 0 Å². The van der Waals surface area contributed by atoms with Gasteiger partial charge in [-0.05, 0) is 201 Å². The van der Waals surface area contributed by atoms with Crippen molar-refractivity contribution in [3.05, 3.63) is 0 Å². The Morgan fingerprint density at radius 2 is 0.924 bits per heavy atom. The Labute approximate surface area is 399 Å². The van der Waals surface area contributed by atoms with Gasteiger partial charge in [-0.3, -0.25) is 9.59 Å². The summed E-state index contributed by atoms with van der Waals surface area (Å²) in [5, 5.41) is 83.3. The van der Waals surface area contributed by atoms with E-state index in [0.29, 0.717) is 65.6 Å². The van der Waals surface area contributed by atoms with Gasteiger partial charge < -0.3 is 40.9 Å². The van der Waals surface area contributed by atoms with Crippen LogP contribution in [0.4, 0.5) is 0 Å². The van der Waals surface area contributed by atoms with Crippen molar-refractivity contribution in [2.75, 3.05) is 0 Å². The molecule has 8 rings (SSSR count). The normalized spacial score (nSPS) is 47.8. The van der Waals surface area contributed by atoms with E-state index in [1.165, 1.54) is 32.1 Å². The lowest BCUT2D eigenvalue weighted by Crippen LogP contribution is -2.62. The maximum absolute atomic E-state index is 11.6. The second-order valence-electron chi connectivity index (χ2n) is 26.3. The zero-order valence-corrected chi connectivity index (χ0v) is 43.1. The number of rotatable bonds is 11. The highest BCUT2D eigenvalue weighted by Crippen LogP contribution is 2.70. The molecule has 0 aliphatic heterocycles. The highest BCUT2D eigenvalue weighted by molar-refractivity contribution is 5.67. The summed E-state index contributed by atoms with van der Waals surface area (Å²) in [5.74, 6) is 4.15. The fraction of sp³-hybridized carbons (Fsp3) is 0.964. The molecule has 0 aromatic carbocycles. The van der Waals surface area contributed by atoms with Crippen LogP contribution >= 0.6 is 0 Å². The maximum Gasteiger partial charge on any atom is 0.303 e. The maximum atomic E-state index is 11.6. The molecule has 10 heteroatoms. The molecule has 10 nitrogen and oxygen atoms in total. The molecule has 0 aromatic heterocycles. The summed E-state index contributed by atoms with van der Waals surface area (Å²) in [4.78, 5) is 20.9. The number of aliphatic hydroxyl groups excluding tert-OH is 6. The van der Waals surface area contributed by atoms with Crippen molar-refractivity contribution < 1.29 is 50.4 Å². The van der Waals surface area contributed by atoms with E-state index in [0.717, 1.165) is 83.0 Å². The molecular formula is C56H98O10. The van der Waals surface area contributed by atoms with Crippen LogP contribution in [0.2, 0.25) is 0 Å². The summed E-state index contributed by atoms with van der Waals surface area (Å²) in [5.41, 5.74) is -0.0148. The largest absolute Gasteiger partial charge is 0.481 e. The molecule has 382 valence electrons. The quantitative estimate of drug-likeness (QED) is 0.0988. The average molecular weight is 931 g/mol. The van der Waals surface area contributed by atoms with Crippen molar-refractivity contribution in [3.8, 4) is 0 Å². The predicted molar refractivity (Wildman–Crippen MR) is 259 cm³/mol. The van der Waals surface area contributed by atoms with Crippen LogP contribution in [-0.4, -0.2) is 89.4 Å². The minimum Gasteiger partial charge on any atom is -0.481 e. The first-order chi connectivity index (χ1) is 30.8. The van der Waals surface area contributed by atoms with Crippen LogP contribution in [0.15, 0.2) is 0 Å². The number of aliphatic carboxylic acids is 2. The van der Waals surface area contributed by atoms with Crippen molar-refractivity contribution in [1.82, 2.24) is 0 Å². The molecule has 0 radical (unpaired) electrons. The Morgan fingerprint density at radius 3 is 1.29 bits per heavy atom. The number of carbonyl (C=O) groups is 2. The van der Waals surface area contributed by atoms with Crippen LogP contribution in [0.1, 0.15) is 198 Å². The Kier molecular flexibility index (Phi) is 17.4. The van der Waals surface area contributed by atoms with E-state index >= 15 is 0 Å². The van der Waals surface area contributed by atoms with Crippen molar-refractivity contribution in [3.63, 3.8) is 0 Å². The van der Waals surface area contributed by atoms with Gasteiger partial charge in [-0.1, -0.05) is 88.5 Å². The van der Waals surface area contributed by atoms with Crippen LogP contribution in [0.3, 0.4) is 0 Å². The summed E-state index contributed by atoms with van der Waals surface area (Å²) in [7, 11) is 0. The first-order valence-electron chi connectivity index (χ1n) is 27.3. The van der Waals surface area contributed by atoms with Crippen molar-refractivity contribution in [2.24, 2.45) is 105 Å². The van der Waals surface area contributed by atoms with E-state index in [1.54, 1.807) is 0 Å². The number of hydrogen-bond acceptors (Lipinski definition) is 8. The highest BCUT2D eigenvalue weighted by Gasteiger charge is 2.67. The average Bonchev–Trinajstić information content (AvgIpc) is 3.77. The molecule has 0 heterocycles. The van der Waals surface area contributed by atoms with Gasteiger partial charge in [0, 0.05) is 12.8 Å². The van der Waals surface area contributed by atoms with E-state index in [-0.39, 0.29) is 82.8 Å². The summed E-state index contributed by atoms with van der Waals surface area (Å²) in [6.07, 6.45) is 16.3. The topological polar surface area (TPSA) is 196 Å². The molecule has 22 atom stereocenters. The number of carboxylic acid groups (broad SMARTS) is 2. The van der Waals surface area contributed by atoms with Gasteiger partial charge in [0.15, 0.2) is 0 Å². The lowest BCUT2D eigenvalue weighted by molar-refractivity contribution is -0.207. The molecule has 0 amide bonds. The number of carboxylic acids is 2. The van der Waals surface area contributed by atoms with Crippen molar-refractivity contribution in [1.29, 1.82) is 0 Å².